The summed E-state index contributed by atoms with van der Waals surface area (Å²) in [6.45, 7) is 1.47. The minimum absolute atomic E-state index is 0.0827. The average Bonchev–Trinajstić information content (AvgIpc) is 2.41. The second kappa shape index (κ2) is 8.77. The second-order valence-electron chi connectivity index (χ2n) is 4.21. The van der Waals surface area contributed by atoms with Crippen LogP contribution in [0.1, 0.15) is 24.0 Å². The molecule has 0 saturated heterocycles. The zero-order chi connectivity index (χ0) is 14.1. The zero-order valence-electron chi connectivity index (χ0n) is 11.0. The molecule has 0 aliphatic carbocycles. The molecule has 0 bridgehead atoms. The van der Waals surface area contributed by atoms with Crippen molar-refractivity contribution >= 4 is 17.6 Å². The van der Waals surface area contributed by atoms with E-state index in [1.165, 1.54) is 18.6 Å². The molecule has 1 rings (SSSR count). The molecule has 0 atom stereocenters. The number of unbranched alkanes of at least 4 members (excludes halogenated alkanes) is 1. The predicted octanol–water partition coefficient (Wildman–Crippen LogP) is 2.15. The van der Waals surface area contributed by atoms with Crippen molar-refractivity contribution in [1.82, 2.24) is 5.32 Å². The maximum absolute atomic E-state index is 13.4. The maximum atomic E-state index is 13.4. The molecule has 6 heteroatoms. The van der Waals surface area contributed by atoms with E-state index in [1.54, 1.807) is 6.07 Å². The SMILES string of the molecule is CSCCCCNCc1cc(F)cc(/C(N)=N/O)c1. The van der Waals surface area contributed by atoms with E-state index in [0.29, 0.717) is 12.1 Å². The van der Waals surface area contributed by atoms with E-state index in [4.69, 9.17) is 10.9 Å². The number of oxime groups is 1. The molecule has 106 valence electrons. The van der Waals surface area contributed by atoms with Gasteiger partial charge in [-0.3, -0.25) is 0 Å². The summed E-state index contributed by atoms with van der Waals surface area (Å²) in [6, 6.07) is 4.41. The molecule has 1 aromatic rings. The van der Waals surface area contributed by atoms with Gasteiger partial charge in [0.2, 0.25) is 0 Å². The standard InChI is InChI=1S/C13H20FN3OS/c1-19-5-3-2-4-16-9-10-6-11(13(15)17-18)8-12(14)7-10/h6-8,16,18H,2-5,9H2,1H3,(H2,15,17). The van der Waals surface area contributed by atoms with Crippen LogP contribution in [0.15, 0.2) is 23.4 Å². The van der Waals surface area contributed by atoms with Gasteiger partial charge in [0.25, 0.3) is 0 Å². The molecule has 0 amide bonds. The average molecular weight is 285 g/mol. The van der Waals surface area contributed by atoms with Crippen molar-refractivity contribution in [2.75, 3.05) is 18.6 Å². The first-order valence-electron chi connectivity index (χ1n) is 6.14. The smallest absolute Gasteiger partial charge is 0.170 e. The first-order chi connectivity index (χ1) is 9.17. The quantitative estimate of drug-likeness (QED) is 0.225. The molecule has 1 aromatic carbocycles. The number of nitrogens with one attached hydrogen (secondary N) is 1. The summed E-state index contributed by atoms with van der Waals surface area (Å²) >= 11 is 1.84. The minimum atomic E-state index is -0.386. The molecule has 0 fully saturated rings. The number of hydrogen-bond donors (Lipinski definition) is 3. The Morgan fingerprint density at radius 2 is 2.21 bits per heavy atom. The molecule has 4 N–H and O–H groups in total. The summed E-state index contributed by atoms with van der Waals surface area (Å²) in [5.41, 5.74) is 6.63. The van der Waals surface area contributed by atoms with Crippen LogP contribution in [-0.4, -0.2) is 29.6 Å². The van der Waals surface area contributed by atoms with E-state index in [-0.39, 0.29) is 11.7 Å². The highest BCUT2D eigenvalue weighted by molar-refractivity contribution is 7.98. The molecule has 0 aliphatic rings. The summed E-state index contributed by atoms with van der Waals surface area (Å²) in [4.78, 5) is 0. The number of hydrogen-bond acceptors (Lipinski definition) is 4. The molecular formula is C13H20FN3OS. The van der Waals surface area contributed by atoms with E-state index in [9.17, 15) is 4.39 Å². The van der Waals surface area contributed by atoms with Gasteiger partial charge in [0.1, 0.15) is 5.82 Å². The van der Waals surface area contributed by atoms with Crippen molar-refractivity contribution < 1.29 is 9.60 Å². The molecule has 0 unspecified atom stereocenters. The number of amidine groups is 1. The third-order valence-electron chi connectivity index (χ3n) is 2.64. The molecule has 0 spiro atoms. The van der Waals surface area contributed by atoms with Crippen molar-refractivity contribution in [1.29, 1.82) is 0 Å². The van der Waals surface area contributed by atoms with Gasteiger partial charge in [-0.1, -0.05) is 5.16 Å². The van der Waals surface area contributed by atoms with E-state index < -0.39 is 0 Å². The van der Waals surface area contributed by atoms with Crippen LogP contribution in [0, 0.1) is 5.82 Å². The van der Waals surface area contributed by atoms with Crippen LogP contribution in [-0.2, 0) is 6.54 Å². The predicted molar refractivity (Wildman–Crippen MR) is 78.2 cm³/mol. The molecule has 19 heavy (non-hydrogen) atoms. The van der Waals surface area contributed by atoms with Crippen molar-refractivity contribution in [3.05, 3.63) is 35.1 Å². The third-order valence-corrected chi connectivity index (χ3v) is 3.34. The summed E-state index contributed by atoms with van der Waals surface area (Å²) in [5, 5.41) is 14.7. The lowest BCUT2D eigenvalue weighted by Crippen LogP contribution is -2.17. The van der Waals surface area contributed by atoms with Gasteiger partial charge in [-0.05, 0) is 55.2 Å². The first kappa shape index (κ1) is 15.8. The zero-order valence-corrected chi connectivity index (χ0v) is 11.8. The van der Waals surface area contributed by atoms with Crippen LogP contribution in [0.2, 0.25) is 0 Å². The molecule has 4 nitrogen and oxygen atoms in total. The van der Waals surface area contributed by atoms with E-state index >= 15 is 0 Å². The largest absolute Gasteiger partial charge is 0.409 e. The van der Waals surface area contributed by atoms with Gasteiger partial charge in [-0.2, -0.15) is 11.8 Å². The summed E-state index contributed by atoms with van der Waals surface area (Å²) in [6.07, 6.45) is 4.37. The number of halogens is 1. The number of thioether (sulfide) groups is 1. The van der Waals surface area contributed by atoms with E-state index in [1.807, 2.05) is 11.8 Å². The van der Waals surface area contributed by atoms with E-state index in [0.717, 1.165) is 24.3 Å². The van der Waals surface area contributed by atoms with Gasteiger partial charge in [0, 0.05) is 12.1 Å². The Kier molecular flexibility index (Phi) is 7.28. The Morgan fingerprint density at radius 1 is 1.42 bits per heavy atom. The first-order valence-corrected chi connectivity index (χ1v) is 7.53. The number of nitrogens with two attached hydrogens (primary N) is 1. The highest BCUT2D eigenvalue weighted by atomic mass is 32.2. The Balaban J connectivity index is 2.47. The third kappa shape index (κ3) is 5.94. The van der Waals surface area contributed by atoms with Gasteiger partial charge >= 0.3 is 0 Å². The highest BCUT2D eigenvalue weighted by Crippen LogP contribution is 2.09. The summed E-state index contributed by atoms with van der Waals surface area (Å²) in [7, 11) is 0. The van der Waals surface area contributed by atoms with Gasteiger partial charge in [0.05, 0.1) is 0 Å². The lowest BCUT2D eigenvalue weighted by molar-refractivity contribution is 0.318. The van der Waals surface area contributed by atoms with Crippen molar-refractivity contribution in [3.63, 3.8) is 0 Å². The fourth-order valence-corrected chi connectivity index (χ4v) is 2.18. The van der Waals surface area contributed by atoms with Crippen LogP contribution in [0.5, 0.6) is 0 Å². The van der Waals surface area contributed by atoms with Crippen LogP contribution < -0.4 is 11.1 Å². The highest BCUT2D eigenvalue weighted by Gasteiger charge is 2.04. The minimum Gasteiger partial charge on any atom is -0.409 e. The molecule has 0 heterocycles. The van der Waals surface area contributed by atoms with Gasteiger partial charge < -0.3 is 16.3 Å². The summed E-state index contributed by atoms with van der Waals surface area (Å²) in [5.74, 6) is 0.693. The molecule has 0 aliphatic heterocycles. The van der Waals surface area contributed by atoms with Crippen molar-refractivity contribution in [2.45, 2.75) is 19.4 Å². The van der Waals surface area contributed by atoms with Crippen LogP contribution in [0.4, 0.5) is 4.39 Å². The monoisotopic (exact) mass is 285 g/mol. The Bertz CT molecular complexity index is 426. The van der Waals surface area contributed by atoms with Crippen LogP contribution >= 0.6 is 11.8 Å². The van der Waals surface area contributed by atoms with Crippen molar-refractivity contribution in [2.24, 2.45) is 10.9 Å². The fraction of sp³-hybridized carbons (Fsp3) is 0.462. The molecule has 0 radical (unpaired) electrons. The molecule has 0 saturated carbocycles. The van der Waals surface area contributed by atoms with Crippen LogP contribution in [0.3, 0.4) is 0 Å². The number of benzene rings is 1. The lowest BCUT2D eigenvalue weighted by Gasteiger charge is -2.07. The van der Waals surface area contributed by atoms with Crippen molar-refractivity contribution in [3.8, 4) is 0 Å². The Labute approximate surface area is 117 Å². The second-order valence-corrected chi connectivity index (χ2v) is 5.20. The van der Waals surface area contributed by atoms with Gasteiger partial charge in [-0.25, -0.2) is 4.39 Å². The lowest BCUT2D eigenvalue weighted by atomic mass is 10.1. The summed E-state index contributed by atoms with van der Waals surface area (Å²) < 4.78 is 13.4. The number of rotatable bonds is 8. The normalized spacial score (nSPS) is 11.8. The van der Waals surface area contributed by atoms with Gasteiger partial charge in [-0.15, -0.1) is 0 Å². The van der Waals surface area contributed by atoms with Crippen LogP contribution in [0.25, 0.3) is 0 Å². The number of nitrogens with zero attached hydrogens (tertiary/aromatic N) is 1. The maximum Gasteiger partial charge on any atom is 0.170 e. The molecular weight excluding hydrogens is 265 g/mol. The van der Waals surface area contributed by atoms with E-state index in [2.05, 4.69) is 16.7 Å². The Morgan fingerprint density at radius 3 is 2.89 bits per heavy atom. The fourth-order valence-electron chi connectivity index (χ4n) is 1.69. The molecule has 0 aromatic heterocycles. The topological polar surface area (TPSA) is 70.6 Å². The van der Waals surface area contributed by atoms with Gasteiger partial charge in [0.15, 0.2) is 5.84 Å². The Hall–Kier alpha value is -1.27.